The summed E-state index contributed by atoms with van der Waals surface area (Å²) in [4.78, 5) is 0. The van der Waals surface area contributed by atoms with E-state index >= 15 is 0 Å². The van der Waals surface area contributed by atoms with E-state index in [-0.39, 0.29) is 17.3 Å². The third kappa shape index (κ3) is 3.07. The molecule has 0 saturated carbocycles. The average molecular weight is 247 g/mol. The highest BCUT2D eigenvalue weighted by atomic mass is 35.5. The van der Waals surface area contributed by atoms with Crippen molar-refractivity contribution in [1.29, 1.82) is 0 Å². The van der Waals surface area contributed by atoms with Crippen LogP contribution >= 0.6 is 11.6 Å². The molecule has 0 aliphatic heterocycles. The standard InChI is InChI=1S/C11H16ClFN2O/c1-2-3-16-11-8(12)4-7(5-9(11)13)10(15)6-14/h4-5,10H,2-3,6,14-15H2,1H3. The number of rotatable bonds is 5. The predicted octanol–water partition coefficient (Wildman–Crippen LogP) is 2.23. The lowest BCUT2D eigenvalue weighted by Gasteiger charge is -2.13. The largest absolute Gasteiger partial charge is 0.489 e. The number of hydrogen-bond donors (Lipinski definition) is 2. The molecule has 0 spiro atoms. The summed E-state index contributed by atoms with van der Waals surface area (Å²) in [6.07, 6.45) is 0.792. The SMILES string of the molecule is CCCOc1c(F)cc(C(N)CN)cc1Cl. The number of hydrogen-bond acceptors (Lipinski definition) is 3. The lowest BCUT2D eigenvalue weighted by molar-refractivity contribution is 0.301. The Morgan fingerprint density at radius 3 is 2.69 bits per heavy atom. The zero-order chi connectivity index (χ0) is 12.1. The van der Waals surface area contributed by atoms with Crippen molar-refractivity contribution in [3.63, 3.8) is 0 Å². The molecule has 0 saturated heterocycles. The van der Waals surface area contributed by atoms with E-state index in [1.165, 1.54) is 6.07 Å². The van der Waals surface area contributed by atoms with Gasteiger partial charge in [0.25, 0.3) is 0 Å². The minimum atomic E-state index is -0.500. The second kappa shape index (κ2) is 6.03. The molecule has 0 heterocycles. The second-order valence-corrected chi connectivity index (χ2v) is 3.91. The van der Waals surface area contributed by atoms with Crippen molar-refractivity contribution in [2.75, 3.05) is 13.2 Å². The lowest BCUT2D eigenvalue weighted by Crippen LogP contribution is -2.21. The molecule has 1 aromatic rings. The number of benzene rings is 1. The van der Waals surface area contributed by atoms with Gasteiger partial charge in [0, 0.05) is 12.6 Å². The van der Waals surface area contributed by atoms with E-state index in [2.05, 4.69) is 0 Å². The average Bonchev–Trinajstić information content (AvgIpc) is 2.26. The van der Waals surface area contributed by atoms with Gasteiger partial charge < -0.3 is 16.2 Å². The summed E-state index contributed by atoms with van der Waals surface area (Å²) < 4.78 is 18.8. The van der Waals surface area contributed by atoms with Crippen molar-refractivity contribution in [2.24, 2.45) is 11.5 Å². The molecule has 1 atom stereocenters. The molecule has 0 fully saturated rings. The van der Waals surface area contributed by atoms with E-state index in [1.807, 2.05) is 6.92 Å². The number of nitrogens with two attached hydrogens (primary N) is 2. The third-order valence-corrected chi connectivity index (χ3v) is 2.43. The lowest BCUT2D eigenvalue weighted by atomic mass is 10.1. The molecule has 90 valence electrons. The van der Waals surface area contributed by atoms with Gasteiger partial charge in [0.1, 0.15) is 0 Å². The van der Waals surface area contributed by atoms with Crippen LogP contribution in [-0.2, 0) is 0 Å². The van der Waals surface area contributed by atoms with Gasteiger partial charge in [-0.25, -0.2) is 4.39 Å². The summed E-state index contributed by atoms with van der Waals surface area (Å²) >= 11 is 5.91. The molecule has 0 aliphatic rings. The molecular formula is C11H16ClFN2O. The predicted molar refractivity (Wildman–Crippen MR) is 63.2 cm³/mol. The van der Waals surface area contributed by atoms with Crippen molar-refractivity contribution in [3.8, 4) is 5.75 Å². The minimum Gasteiger partial charge on any atom is -0.489 e. The minimum absolute atomic E-state index is 0.0801. The highest BCUT2D eigenvalue weighted by Gasteiger charge is 2.13. The highest BCUT2D eigenvalue weighted by Crippen LogP contribution is 2.30. The van der Waals surface area contributed by atoms with E-state index in [0.717, 1.165) is 6.42 Å². The van der Waals surface area contributed by atoms with Gasteiger partial charge in [0.05, 0.1) is 11.6 Å². The second-order valence-electron chi connectivity index (χ2n) is 3.50. The molecule has 1 unspecified atom stereocenters. The Kier molecular flexibility index (Phi) is 4.99. The zero-order valence-corrected chi connectivity index (χ0v) is 9.93. The maximum atomic E-state index is 13.6. The van der Waals surface area contributed by atoms with Crippen LogP contribution in [0.1, 0.15) is 24.9 Å². The van der Waals surface area contributed by atoms with E-state index in [9.17, 15) is 4.39 Å². The Morgan fingerprint density at radius 1 is 1.50 bits per heavy atom. The quantitative estimate of drug-likeness (QED) is 0.838. The maximum absolute atomic E-state index is 13.6. The summed E-state index contributed by atoms with van der Waals surface area (Å²) in [7, 11) is 0. The highest BCUT2D eigenvalue weighted by molar-refractivity contribution is 6.32. The molecule has 0 aliphatic carbocycles. The van der Waals surface area contributed by atoms with Crippen LogP contribution < -0.4 is 16.2 Å². The normalized spacial score (nSPS) is 12.6. The van der Waals surface area contributed by atoms with Gasteiger partial charge in [0.15, 0.2) is 11.6 Å². The summed E-state index contributed by atoms with van der Waals surface area (Å²) in [5, 5.41) is 0.229. The smallest absolute Gasteiger partial charge is 0.173 e. The molecular weight excluding hydrogens is 231 g/mol. The van der Waals surface area contributed by atoms with E-state index in [1.54, 1.807) is 6.07 Å². The summed E-state index contributed by atoms with van der Waals surface area (Å²) in [5.74, 6) is -0.420. The van der Waals surface area contributed by atoms with Gasteiger partial charge in [-0.2, -0.15) is 0 Å². The first-order valence-electron chi connectivity index (χ1n) is 5.17. The van der Waals surface area contributed by atoms with Crippen LogP contribution in [0.25, 0.3) is 0 Å². The van der Waals surface area contributed by atoms with Gasteiger partial charge in [-0.1, -0.05) is 18.5 Å². The van der Waals surface area contributed by atoms with Crippen molar-refractivity contribution < 1.29 is 9.13 Å². The first kappa shape index (κ1) is 13.2. The Morgan fingerprint density at radius 2 is 2.19 bits per heavy atom. The Labute approximate surface area is 99.5 Å². The zero-order valence-electron chi connectivity index (χ0n) is 9.17. The van der Waals surface area contributed by atoms with Crippen molar-refractivity contribution >= 4 is 11.6 Å². The van der Waals surface area contributed by atoms with Crippen LogP contribution in [0, 0.1) is 5.82 Å². The molecule has 3 nitrogen and oxygen atoms in total. The summed E-state index contributed by atoms with van der Waals surface area (Å²) in [6, 6.07) is 2.49. The van der Waals surface area contributed by atoms with Gasteiger partial charge in [-0.3, -0.25) is 0 Å². The molecule has 0 radical (unpaired) electrons. The molecule has 16 heavy (non-hydrogen) atoms. The Balaban J connectivity index is 2.97. The molecule has 4 N–H and O–H groups in total. The van der Waals surface area contributed by atoms with Crippen LogP contribution in [0.5, 0.6) is 5.75 Å². The van der Waals surface area contributed by atoms with E-state index < -0.39 is 11.9 Å². The van der Waals surface area contributed by atoms with Gasteiger partial charge in [0.2, 0.25) is 0 Å². The number of ether oxygens (including phenoxy) is 1. The number of halogens is 2. The molecule has 0 bridgehead atoms. The topological polar surface area (TPSA) is 61.3 Å². The Hall–Kier alpha value is -0.840. The maximum Gasteiger partial charge on any atom is 0.173 e. The van der Waals surface area contributed by atoms with E-state index in [0.29, 0.717) is 12.2 Å². The van der Waals surface area contributed by atoms with Gasteiger partial charge >= 0.3 is 0 Å². The van der Waals surface area contributed by atoms with Crippen LogP contribution in [0.4, 0.5) is 4.39 Å². The molecule has 1 aromatic carbocycles. The summed E-state index contributed by atoms with van der Waals surface area (Å²) in [5.41, 5.74) is 11.7. The molecule has 1 rings (SSSR count). The van der Waals surface area contributed by atoms with Gasteiger partial charge in [-0.15, -0.1) is 0 Å². The van der Waals surface area contributed by atoms with Crippen molar-refractivity contribution in [1.82, 2.24) is 0 Å². The van der Waals surface area contributed by atoms with Crippen molar-refractivity contribution in [2.45, 2.75) is 19.4 Å². The van der Waals surface area contributed by atoms with Crippen molar-refractivity contribution in [3.05, 3.63) is 28.5 Å². The van der Waals surface area contributed by atoms with Crippen LogP contribution in [0.2, 0.25) is 5.02 Å². The van der Waals surface area contributed by atoms with E-state index in [4.69, 9.17) is 27.8 Å². The Bertz CT molecular complexity index is 337. The van der Waals surface area contributed by atoms with Gasteiger partial charge in [-0.05, 0) is 24.1 Å². The first-order valence-corrected chi connectivity index (χ1v) is 5.55. The van der Waals surface area contributed by atoms with Crippen LogP contribution in [0.3, 0.4) is 0 Å². The fourth-order valence-electron chi connectivity index (χ4n) is 1.27. The fraction of sp³-hybridized carbons (Fsp3) is 0.455. The summed E-state index contributed by atoms with van der Waals surface area (Å²) in [6.45, 7) is 2.61. The molecule has 5 heteroatoms. The van der Waals surface area contributed by atoms with Crippen LogP contribution in [0.15, 0.2) is 12.1 Å². The molecule has 0 amide bonds. The monoisotopic (exact) mass is 246 g/mol. The third-order valence-electron chi connectivity index (χ3n) is 2.15. The fourth-order valence-corrected chi connectivity index (χ4v) is 1.54. The van der Waals surface area contributed by atoms with Crippen LogP contribution in [-0.4, -0.2) is 13.2 Å². The first-order chi connectivity index (χ1) is 7.60. The molecule has 0 aromatic heterocycles.